The number of rotatable bonds is 7. The number of halogens is 1. The highest BCUT2D eigenvalue weighted by atomic mass is 35.5. The standard InChI is InChI=1S/C27H48.C8H10N2O.ClH/c1-19(2)9-8-10-20(3)23-14-15-24-22-13-12-21-11-6-7-17-26(21,4)25(22)16-18-27(23,24)5;9-5-6-1-3-7(4-2-6)8(10)11;/h19-25H,6-18H2,1-5H3;1-4H,5,9H2,(H2,10,11);1H/t20-,21?,22+,23-,24+,25+,26+,27-;;/m1../s1. The molecule has 4 aliphatic carbocycles. The van der Waals surface area contributed by atoms with E-state index in [-0.39, 0.29) is 12.4 Å². The van der Waals surface area contributed by atoms with Gasteiger partial charge in [0, 0.05) is 12.1 Å². The summed E-state index contributed by atoms with van der Waals surface area (Å²) in [7, 11) is 0. The summed E-state index contributed by atoms with van der Waals surface area (Å²) in [5.74, 6) is 6.74. The van der Waals surface area contributed by atoms with Crippen LogP contribution in [0.15, 0.2) is 24.3 Å². The molecule has 1 unspecified atom stereocenters. The highest BCUT2D eigenvalue weighted by Gasteiger charge is 2.60. The predicted octanol–water partition coefficient (Wildman–Crippen LogP) is 9.16. The van der Waals surface area contributed by atoms with Gasteiger partial charge in [-0.1, -0.05) is 78.9 Å². The van der Waals surface area contributed by atoms with E-state index in [2.05, 4.69) is 34.6 Å². The van der Waals surface area contributed by atoms with Gasteiger partial charge in [-0.2, -0.15) is 0 Å². The third-order valence-electron chi connectivity index (χ3n) is 12.3. The number of benzene rings is 1. The molecule has 5 rings (SSSR count). The predicted molar refractivity (Wildman–Crippen MR) is 168 cm³/mol. The van der Waals surface area contributed by atoms with E-state index >= 15 is 0 Å². The third-order valence-corrected chi connectivity index (χ3v) is 12.3. The fourth-order valence-electron chi connectivity index (χ4n) is 10.1. The Morgan fingerprint density at radius 2 is 1.56 bits per heavy atom. The van der Waals surface area contributed by atoms with E-state index in [0.717, 1.165) is 47.0 Å². The van der Waals surface area contributed by atoms with Gasteiger partial charge in [0.15, 0.2) is 0 Å². The van der Waals surface area contributed by atoms with Crippen molar-refractivity contribution in [1.29, 1.82) is 0 Å². The molecule has 4 fully saturated rings. The van der Waals surface area contributed by atoms with E-state index in [0.29, 0.717) is 22.9 Å². The number of carbonyl (C=O) groups excluding carboxylic acids is 1. The van der Waals surface area contributed by atoms with Crippen LogP contribution in [0.5, 0.6) is 0 Å². The Kier molecular flexibility index (Phi) is 11.4. The van der Waals surface area contributed by atoms with Crippen LogP contribution in [0.4, 0.5) is 0 Å². The van der Waals surface area contributed by atoms with Crippen LogP contribution >= 0.6 is 12.4 Å². The van der Waals surface area contributed by atoms with Gasteiger partial charge in [-0.25, -0.2) is 0 Å². The van der Waals surface area contributed by atoms with Crippen molar-refractivity contribution in [1.82, 2.24) is 0 Å². The van der Waals surface area contributed by atoms with Crippen LogP contribution in [0.3, 0.4) is 0 Å². The number of amides is 1. The molecule has 4 heteroatoms. The first kappa shape index (κ1) is 32.5. The molecule has 0 heterocycles. The largest absolute Gasteiger partial charge is 0.366 e. The number of fused-ring (bicyclic) bond motifs is 5. The quantitative estimate of drug-likeness (QED) is 0.350. The van der Waals surface area contributed by atoms with Gasteiger partial charge in [0.05, 0.1) is 0 Å². The Morgan fingerprint density at radius 3 is 2.21 bits per heavy atom. The van der Waals surface area contributed by atoms with E-state index in [1.54, 1.807) is 75.6 Å². The van der Waals surface area contributed by atoms with Crippen molar-refractivity contribution in [2.24, 2.45) is 63.7 Å². The average molecular weight is 559 g/mol. The first-order valence-corrected chi connectivity index (χ1v) is 16.2. The van der Waals surface area contributed by atoms with Crippen LogP contribution in [0.2, 0.25) is 0 Å². The van der Waals surface area contributed by atoms with Gasteiger partial charge in [0.2, 0.25) is 5.91 Å². The minimum atomic E-state index is -0.409. The zero-order valence-electron chi connectivity index (χ0n) is 25.7. The minimum Gasteiger partial charge on any atom is -0.366 e. The molecule has 39 heavy (non-hydrogen) atoms. The summed E-state index contributed by atoms with van der Waals surface area (Å²) in [6.07, 6.45) is 19.9. The molecule has 4 saturated carbocycles. The topological polar surface area (TPSA) is 69.1 Å². The Labute approximate surface area is 246 Å². The lowest BCUT2D eigenvalue weighted by molar-refractivity contribution is -0.114. The summed E-state index contributed by atoms with van der Waals surface area (Å²) < 4.78 is 0. The Hall–Kier alpha value is -1.06. The summed E-state index contributed by atoms with van der Waals surface area (Å²) in [6.45, 7) is 13.4. The molecule has 3 nitrogen and oxygen atoms in total. The fourth-order valence-corrected chi connectivity index (χ4v) is 10.1. The number of hydrogen-bond donors (Lipinski definition) is 2. The zero-order valence-corrected chi connectivity index (χ0v) is 26.5. The second-order valence-electron chi connectivity index (χ2n) is 14.7. The molecule has 0 aromatic heterocycles. The van der Waals surface area contributed by atoms with Crippen LogP contribution in [-0.4, -0.2) is 5.91 Å². The monoisotopic (exact) mass is 558 g/mol. The molecule has 4 aliphatic rings. The van der Waals surface area contributed by atoms with Gasteiger partial charge in [0.1, 0.15) is 0 Å². The molecular weight excluding hydrogens is 500 g/mol. The average Bonchev–Trinajstić information content (AvgIpc) is 3.26. The van der Waals surface area contributed by atoms with Crippen LogP contribution in [0, 0.1) is 52.3 Å². The molecule has 1 aromatic rings. The lowest BCUT2D eigenvalue weighted by atomic mass is 9.44. The van der Waals surface area contributed by atoms with Gasteiger partial charge in [0.25, 0.3) is 0 Å². The number of carbonyl (C=O) groups is 1. The van der Waals surface area contributed by atoms with E-state index < -0.39 is 5.91 Å². The Bertz CT molecular complexity index is 916. The van der Waals surface area contributed by atoms with Crippen LogP contribution in [0.25, 0.3) is 0 Å². The van der Waals surface area contributed by atoms with E-state index in [1.165, 1.54) is 32.1 Å². The summed E-state index contributed by atoms with van der Waals surface area (Å²) >= 11 is 0. The van der Waals surface area contributed by atoms with Crippen molar-refractivity contribution in [2.45, 2.75) is 125 Å². The molecular formula is C35H59ClN2O. The number of nitrogens with two attached hydrogens (primary N) is 2. The molecule has 0 spiro atoms. The van der Waals surface area contributed by atoms with Crippen molar-refractivity contribution >= 4 is 18.3 Å². The van der Waals surface area contributed by atoms with Crippen molar-refractivity contribution in [3.63, 3.8) is 0 Å². The zero-order chi connectivity index (χ0) is 27.5. The van der Waals surface area contributed by atoms with Crippen molar-refractivity contribution in [2.75, 3.05) is 0 Å². The summed E-state index contributed by atoms with van der Waals surface area (Å²) in [6, 6.07) is 6.93. The molecule has 0 aliphatic heterocycles. The number of primary amides is 1. The summed E-state index contributed by atoms with van der Waals surface area (Å²) in [5, 5.41) is 0. The third kappa shape index (κ3) is 6.88. The summed E-state index contributed by atoms with van der Waals surface area (Å²) in [4.78, 5) is 10.6. The van der Waals surface area contributed by atoms with E-state index in [4.69, 9.17) is 11.5 Å². The first-order valence-electron chi connectivity index (χ1n) is 16.2. The lowest BCUT2D eigenvalue weighted by Crippen LogP contribution is -2.53. The molecule has 0 saturated heterocycles. The number of hydrogen-bond acceptors (Lipinski definition) is 2. The van der Waals surface area contributed by atoms with Gasteiger partial charge in [-0.05, 0) is 121 Å². The van der Waals surface area contributed by atoms with Crippen LogP contribution < -0.4 is 11.5 Å². The second-order valence-corrected chi connectivity index (χ2v) is 14.7. The highest BCUT2D eigenvalue weighted by molar-refractivity contribution is 5.92. The molecule has 1 aromatic carbocycles. The van der Waals surface area contributed by atoms with Crippen LogP contribution in [0.1, 0.15) is 134 Å². The van der Waals surface area contributed by atoms with Crippen LogP contribution in [-0.2, 0) is 6.54 Å². The molecule has 0 radical (unpaired) electrons. The van der Waals surface area contributed by atoms with Gasteiger partial charge >= 0.3 is 0 Å². The molecule has 0 bridgehead atoms. The fraction of sp³-hybridized carbons (Fsp3) is 0.800. The molecule has 4 N–H and O–H groups in total. The highest BCUT2D eigenvalue weighted by Crippen LogP contribution is 2.68. The first-order chi connectivity index (χ1) is 18.1. The van der Waals surface area contributed by atoms with E-state index in [9.17, 15) is 4.79 Å². The van der Waals surface area contributed by atoms with Gasteiger partial charge in [-0.3, -0.25) is 4.79 Å². The maximum absolute atomic E-state index is 10.6. The molecule has 1 amide bonds. The molecule has 8 atom stereocenters. The maximum Gasteiger partial charge on any atom is 0.248 e. The Balaban J connectivity index is 0.000000297. The van der Waals surface area contributed by atoms with E-state index in [1.807, 2.05) is 0 Å². The second kappa shape index (κ2) is 13.7. The maximum atomic E-state index is 10.6. The van der Waals surface area contributed by atoms with Crippen molar-refractivity contribution in [3.05, 3.63) is 35.4 Å². The SMILES string of the molecule is CC(C)CCC[C@@H](C)[C@H]1CC[C@H]2[C@@H]3CCC4CCCC[C@]4(C)[C@H]3CC[C@]12C.Cl.NCc1ccc(C(N)=O)cc1. The lowest BCUT2D eigenvalue weighted by Gasteiger charge is -2.61. The molecule has 222 valence electrons. The summed E-state index contributed by atoms with van der Waals surface area (Å²) in [5.41, 5.74) is 13.3. The van der Waals surface area contributed by atoms with Gasteiger partial charge in [-0.15, -0.1) is 12.4 Å². The minimum absolute atomic E-state index is 0. The smallest absolute Gasteiger partial charge is 0.248 e. The van der Waals surface area contributed by atoms with Crippen molar-refractivity contribution < 1.29 is 4.79 Å². The normalized spacial score (nSPS) is 35.9. The van der Waals surface area contributed by atoms with Gasteiger partial charge < -0.3 is 11.5 Å². The Morgan fingerprint density at radius 1 is 0.872 bits per heavy atom. The van der Waals surface area contributed by atoms with Crippen molar-refractivity contribution in [3.8, 4) is 0 Å².